The molecule has 0 saturated carbocycles. The number of benzene rings is 2. The zero-order valence-electron chi connectivity index (χ0n) is 17.6. The Morgan fingerprint density at radius 3 is 2.17 bits per heavy atom. The van der Waals surface area contributed by atoms with Crippen LogP contribution in [0.3, 0.4) is 0 Å². The number of ketones is 1. The Bertz CT molecular complexity index is 930. The van der Waals surface area contributed by atoms with E-state index in [1.54, 1.807) is 12.1 Å². The van der Waals surface area contributed by atoms with Crippen molar-refractivity contribution in [3.8, 4) is 11.1 Å². The van der Waals surface area contributed by atoms with Gasteiger partial charge in [0, 0.05) is 18.4 Å². The molecule has 2 aromatic carbocycles. The molecule has 1 N–H and O–H groups in total. The van der Waals surface area contributed by atoms with Crippen LogP contribution >= 0.6 is 0 Å². The first-order valence-corrected chi connectivity index (χ1v) is 10.1. The molecule has 1 fully saturated rings. The van der Waals surface area contributed by atoms with Crippen LogP contribution < -0.4 is 0 Å². The molecule has 0 aliphatic carbocycles. The fourth-order valence-electron chi connectivity index (χ4n) is 4.32. The highest BCUT2D eigenvalue weighted by Gasteiger charge is 2.59. The van der Waals surface area contributed by atoms with E-state index in [-0.39, 0.29) is 10.3 Å². The van der Waals surface area contributed by atoms with E-state index in [1.807, 2.05) is 63.2 Å². The largest absolute Gasteiger partial charge is 0.514 e. The summed E-state index contributed by atoms with van der Waals surface area (Å²) in [5, 5.41) is 9.89. The molecule has 158 valence electrons. The molecule has 1 saturated heterocycles. The van der Waals surface area contributed by atoms with Crippen LogP contribution in [0.2, 0.25) is 0 Å². The molecular weight excluding hydrogens is 382 g/mol. The normalized spacial score (nSPS) is 21.2. The third kappa shape index (κ3) is 4.00. The Hall–Kier alpha value is -2.99. The average molecular weight is 410 g/mol. The maximum Gasteiger partial charge on any atom is 0.514 e. The first-order valence-electron chi connectivity index (χ1n) is 10.1. The van der Waals surface area contributed by atoms with Gasteiger partial charge in [0.15, 0.2) is 18.4 Å². The molecule has 1 heterocycles. The lowest BCUT2D eigenvalue weighted by atomic mass is 10.00. The van der Waals surface area contributed by atoms with Gasteiger partial charge in [0.2, 0.25) is 0 Å². The van der Waals surface area contributed by atoms with Gasteiger partial charge in [0.25, 0.3) is 0 Å². The van der Waals surface area contributed by atoms with Crippen LogP contribution in [0.5, 0.6) is 0 Å². The van der Waals surface area contributed by atoms with Gasteiger partial charge in [-0.1, -0.05) is 54.6 Å². The Kier molecular flexibility index (Phi) is 6.08. The van der Waals surface area contributed by atoms with Crippen molar-refractivity contribution in [2.45, 2.75) is 45.2 Å². The standard InChI is InChI=1S/C24H27NO5/c1-24(2,3)25(23(28)29)15-7-10-20(25)22(27)30-16-21(26)19-13-11-18(12-14-19)17-8-5-4-6-9-17/h4-6,8-9,11-14,20H,7,10,15-16H2,1-3H3/p+1/t20?,25-/m1/s1. The Labute approximate surface area is 176 Å². The van der Waals surface area contributed by atoms with Crippen molar-refractivity contribution in [2.24, 2.45) is 0 Å². The van der Waals surface area contributed by atoms with E-state index in [1.165, 1.54) is 0 Å². The smallest absolute Gasteiger partial charge is 0.453 e. The molecular formula is C24H28NO5+. The first kappa shape index (κ1) is 21.7. The van der Waals surface area contributed by atoms with E-state index in [9.17, 15) is 19.5 Å². The van der Waals surface area contributed by atoms with E-state index in [0.29, 0.717) is 24.9 Å². The molecule has 6 heteroatoms. The van der Waals surface area contributed by atoms with Crippen LogP contribution in [0.4, 0.5) is 4.79 Å². The number of rotatable bonds is 5. The van der Waals surface area contributed by atoms with Crippen molar-refractivity contribution in [3.05, 3.63) is 60.2 Å². The Morgan fingerprint density at radius 2 is 1.60 bits per heavy atom. The SMILES string of the molecule is CC(C)(C)[N@+]1(C(=O)O)CCCC1C(=O)OCC(=O)c1ccc(-c2ccccc2)cc1. The summed E-state index contributed by atoms with van der Waals surface area (Å²) in [5.41, 5.74) is 1.82. The molecule has 0 spiro atoms. The number of esters is 1. The fourth-order valence-corrected chi connectivity index (χ4v) is 4.32. The number of amides is 1. The number of Topliss-reactive ketones (excluding diaryl/α,β-unsaturated/α-hetero) is 1. The van der Waals surface area contributed by atoms with Crippen molar-refractivity contribution >= 4 is 17.8 Å². The second kappa shape index (κ2) is 8.40. The summed E-state index contributed by atoms with van der Waals surface area (Å²) in [6.07, 6.45) is 0.0189. The Balaban J connectivity index is 1.67. The minimum Gasteiger partial charge on any atom is -0.453 e. The van der Waals surface area contributed by atoms with Gasteiger partial charge in [-0.15, -0.1) is 0 Å². The summed E-state index contributed by atoms with van der Waals surface area (Å²) in [6.45, 7) is 5.40. The van der Waals surface area contributed by atoms with Gasteiger partial charge in [0.1, 0.15) is 5.54 Å². The number of ether oxygens (including phenoxy) is 1. The van der Waals surface area contributed by atoms with Crippen LogP contribution in [0.15, 0.2) is 54.6 Å². The van der Waals surface area contributed by atoms with Crippen LogP contribution in [-0.2, 0) is 9.53 Å². The van der Waals surface area contributed by atoms with E-state index in [2.05, 4.69) is 0 Å². The van der Waals surface area contributed by atoms with E-state index >= 15 is 0 Å². The summed E-state index contributed by atoms with van der Waals surface area (Å²) in [6, 6.07) is 16.1. The summed E-state index contributed by atoms with van der Waals surface area (Å²) in [4.78, 5) is 37.3. The van der Waals surface area contributed by atoms with E-state index in [0.717, 1.165) is 11.1 Å². The maximum atomic E-state index is 12.7. The molecule has 2 atom stereocenters. The van der Waals surface area contributed by atoms with Gasteiger partial charge in [0.05, 0.1) is 6.54 Å². The molecule has 6 nitrogen and oxygen atoms in total. The summed E-state index contributed by atoms with van der Waals surface area (Å²) in [7, 11) is 0. The molecule has 0 radical (unpaired) electrons. The van der Waals surface area contributed by atoms with Crippen molar-refractivity contribution < 1.29 is 28.7 Å². The predicted molar refractivity (Wildman–Crippen MR) is 113 cm³/mol. The van der Waals surface area contributed by atoms with Gasteiger partial charge in [-0.3, -0.25) is 4.79 Å². The van der Waals surface area contributed by atoms with E-state index < -0.39 is 30.3 Å². The second-order valence-corrected chi connectivity index (χ2v) is 8.68. The number of nitrogens with zero attached hydrogens (tertiary/aromatic N) is 1. The van der Waals surface area contributed by atoms with Gasteiger partial charge in [-0.05, 0) is 31.9 Å². The number of hydrogen-bond donors (Lipinski definition) is 1. The molecule has 1 aliphatic heterocycles. The molecule has 3 rings (SSSR count). The average Bonchev–Trinajstić information content (AvgIpc) is 3.19. The predicted octanol–water partition coefficient (Wildman–Crippen LogP) is 4.54. The van der Waals surface area contributed by atoms with Crippen molar-refractivity contribution in [2.75, 3.05) is 13.2 Å². The highest BCUT2D eigenvalue weighted by molar-refractivity contribution is 5.98. The van der Waals surface area contributed by atoms with Crippen molar-refractivity contribution in [1.82, 2.24) is 0 Å². The van der Waals surface area contributed by atoms with Gasteiger partial charge in [-0.25, -0.2) is 9.28 Å². The van der Waals surface area contributed by atoms with Crippen LogP contribution in [0.25, 0.3) is 11.1 Å². The minimum absolute atomic E-state index is 0.315. The van der Waals surface area contributed by atoms with Gasteiger partial charge < -0.3 is 9.84 Å². The quantitative estimate of drug-likeness (QED) is 0.445. The van der Waals surface area contributed by atoms with Crippen molar-refractivity contribution in [3.63, 3.8) is 0 Å². The highest BCUT2D eigenvalue weighted by atomic mass is 16.5. The zero-order valence-corrected chi connectivity index (χ0v) is 17.6. The second-order valence-electron chi connectivity index (χ2n) is 8.68. The molecule has 1 aliphatic rings. The third-order valence-electron chi connectivity index (χ3n) is 5.99. The Morgan fingerprint density at radius 1 is 1.00 bits per heavy atom. The summed E-state index contributed by atoms with van der Waals surface area (Å²) >= 11 is 0. The van der Waals surface area contributed by atoms with Crippen LogP contribution in [-0.4, -0.2) is 52.2 Å². The van der Waals surface area contributed by atoms with Crippen LogP contribution in [0.1, 0.15) is 44.0 Å². The van der Waals surface area contributed by atoms with E-state index in [4.69, 9.17) is 4.74 Å². The number of hydrogen-bond acceptors (Lipinski definition) is 4. The van der Waals surface area contributed by atoms with Crippen LogP contribution in [0, 0.1) is 0 Å². The number of carboxylic acid groups (broad SMARTS) is 1. The number of carbonyl (C=O) groups is 3. The fraction of sp³-hybridized carbons (Fsp3) is 0.375. The zero-order chi connectivity index (χ0) is 21.9. The number of carbonyl (C=O) groups excluding carboxylic acids is 2. The molecule has 0 bridgehead atoms. The maximum absolute atomic E-state index is 12.7. The number of quaternary nitrogens is 1. The molecule has 1 unspecified atom stereocenters. The molecule has 2 aromatic rings. The minimum atomic E-state index is -1.04. The van der Waals surface area contributed by atoms with Gasteiger partial charge in [-0.2, -0.15) is 4.79 Å². The topological polar surface area (TPSA) is 80.7 Å². The van der Waals surface area contributed by atoms with Gasteiger partial charge >= 0.3 is 12.1 Å². The third-order valence-corrected chi connectivity index (χ3v) is 5.99. The molecule has 0 aromatic heterocycles. The lowest BCUT2D eigenvalue weighted by Gasteiger charge is -2.43. The molecule has 1 amide bonds. The monoisotopic (exact) mass is 410 g/mol. The van der Waals surface area contributed by atoms with Crippen molar-refractivity contribution in [1.29, 1.82) is 0 Å². The lowest BCUT2D eigenvalue weighted by Crippen LogP contribution is -2.67. The highest BCUT2D eigenvalue weighted by Crippen LogP contribution is 2.37. The first-order chi connectivity index (χ1) is 14.2. The number of likely N-dealkylation sites (tertiary alicyclic amines) is 1. The molecule has 30 heavy (non-hydrogen) atoms. The summed E-state index contributed by atoms with van der Waals surface area (Å²) in [5.74, 6) is -0.941. The lowest BCUT2D eigenvalue weighted by molar-refractivity contribution is -0.906. The summed E-state index contributed by atoms with van der Waals surface area (Å²) < 4.78 is 4.92.